The van der Waals surface area contributed by atoms with Gasteiger partial charge < -0.3 is 25.0 Å². The summed E-state index contributed by atoms with van der Waals surface area (Å²) in [5, 5.41) is 12.2. The van der Waals surface area contributed by atoms with Crippen molar-refractivity contribution in [3.05, 3.63) is 64.3 Å². The van der Waals surface area contributed by atoms with Gasteiger partial charge in [-0.15, -0.1) is 0 Å². The molecule has 37 heavy (non-hydrogen) atoms. The van der Waals surface area contributed by atoms with Gasteiger partial charge >= 0.3 is 12.1 Å². The molecule has 14 heteroatoms. The summed E-state index contributed by atoms with van der Waals surface area (Å²) in [5.74, 6) is -0.546. The zero-order valence-electron chi connectivity index (χ0n) is 19.7. The third-order valence-electron chi connectivity index (χ3n) is 5.80. The number of nitrogens with zero attached hydrogens (tertiary/aromatic N) is 6. The summed E-state index contributed by atoms with van der Waals surface area (Å²) in [7, 11) is 1.29. The van der Waals surface area contributed by atoms with Crippen LogP contribution in [0.4, 0.5) is 10.6 Å². The predicted octanol–water partition coefficient (Wildman–Crippen LogP) is 2.63. The number of rotatable bonds is 7. The molecule has 4 rings (SSSR count). The molecular formula is C23H23Cl2N7O5. The summed E-state index contributed by atoms with van der Waals surface area (Å²) >= 11 is 12.3. The number of imidazole rings is 1. The van der Waals surface area contributed by atoms with Crippen LogP contribution in [-0.4, -0.2) is 80.3 Å². The molecule has 0 spiro atoms. The van der Waals surface area contributed by atoms with Crippen LogP contribution in [-0.2, 0) is 16.1 Å². The Hall–Kier alpha value is -3.90. The molecule has 1 aliphatic heterocycles. The molecule has 1 aromatic carbocycles. The number of carboxylic acids is 1. The third-order valence-corrected chi connectivity index (χ3v) is 6.30. The van der Waals surface area contributed by atoms with E-state index in [2.05, 4.69) is 20.3 Å². The quantitative estimate of drug-likeness (QED) is 0.426. The van der Waals surface area contributed by atoms with Crippen LogP contribution in [0.25, 0.3) is 5.95 Å². The number of amides is 2. The first-order valence-electron chi connectivity index (χ1n) is 11.2. The van der Waals surface area contributed by atoms with Crippen LogP contribution in [0.3, 0.4) is 0 Å². The Bertz CT molecular complexity index is 1300. The molecule has 1 saturated heterocycles. The minimum atomic E-state index is -1.13. The molecule has 2 amide bonds. The van der Waals surface area contributed by atoms with Gasteiger partial charge in [0, 0.05) is 51.1 Å². The van der Waals surface area contributed by atoms with E-state index in [0.717, 1.165) is 0 Å². The number of hydrogen-bond acceptors (Lipinski definition) is 8. The van der Waals surface area contributed by atoms with Gasteiger partial charge in [-0.05, 0) is 17.7 Å². The van der Waals surface area contributed by atoms with Gasteiger partial charge in [0.25, 0.3) is 0 Å². The number of piperazine rings is 1. The van der Waals surface area contributed by atoms with Crippen molar-refractivity contribution < 1.29 is 24.2 Å². The second kappa shape index (κ2) is 11.4. The molecule has 1 atom stereocenters. The Kier molecular flexibility index (Phi) is 8.09. The molecule has 3 heterocycles. The van der Waals surface area contributed by atoms with E-state index in [1.165, 1.54) is 24.1 Å². The number of aromatic nitrogens is 4. The molecule has 2 aromatic heterocycles. The minimum Gasteiger partial charge on any atom is -0.478 e. The van der Waals surface area contributed by atoms with Gasteiger partial charge in [0.2, 0.25) is 11.9 Å². The van der Waals surface area contributed by atoms with Crippen LogP contribution in [0.15, 0.2) is 43.0 Å². The van der Waals surface area contributed by atoms with Crippen molar-refractivity contribution in [3.8, 4) is 5.95 Å². The van der Waals surface area contributed by atoms with E-state index >= 15 is 0 Å². The van der Waals surface area contributed by atoms with E-state index in [9.17, 15) is 14.4 Å². The second-order valence-electron chi connectivity index (χ2n) is 8.18. The second-order valence-corrected chi connectivity index (χ2v) is 8.98. The first kappa shape index (κ1) is 26.2. The zero-order chi connectivity index (χ0) is 26.5. The van der Waals surface area contributed by atoms with E-state index in [1.807, 2.05) is 4.90 Å². The summed E-state index contributed by atoms with van der Waals surface area (Å²) in [6.45, 7) is 1.19. The van der Waals surface area contributed by atoms with Gasteiger partial charge in [0.15, 0.2) is 0 Å². The molecule has 1 aliphatic rings. The molecule has 0 aliphatic carbocycles. The number of carbonyl (C=O) groups is 3. The Morgan fingerprint density at radius 1 is 1.19 bits per heavy atom. The largest absolute Gasteiger partial charge is 0.478 e. The number of aromatic carboxylic acids is 1. The van der Waals surface area contributed by atoms with Gasteiger partial charge in [-0.2, -0.15) is 4.98 Å². The Morgan fingerprint density at radius 3 is 2.68 bits per heavy atom. The highest BCUT2D eigenvalue weighted by atomic mass is 35.5. The highest BCUT2D eigenvalue weighted by Crippen LogP contribution is 2.23. The van der Waals surface area contributed by atoms with E-state index in [-0.39, 0.29) is 34.6 Å². The van der Waals surface area contributed by atoms with Gasteiger partial charge in [-0.25, -0.2) is 19.6 Å². The van der Waals surface area contributed by atoms with Gasteiger partial charge in [-0.1, -0.05) is 29.3 Å². The topological polar surface area (TPSA) is 143 Å². The summed E-state index contributed by atoms with van der Waals surface area (Å²) in [5.41, 5.74) is 0.620. The molecule has 194 valence electrons. The normalized spacial score (nSPS) is 15.4. The van der Waals surface area contributed by atoms with Crippen LogP contribution < -0.4 is 10.2 Å². The molecule has 0 saturated carbocycles. The summed E-state index contributed by atoms with van der Waals surface area (Å²) < 4.78 is 6.55. The van der Waals surface area contributed by atoms with Crippen molar-refractivity contribution >= 4 is 47.0 Å². The van der Waals surface area contributed by atoms with Gasteiger partial charge in [-0.3, -0.25) is 9.36 Å². The van der Waals surface area contributed by atoms with Crippen molar-refractivity contribution in [1.29, 1.82) is 0 Å². The number of hydrogen-bond donors (Lipinski definition) is 2. The summed E-state index contributed by atoms with van der Waals surface area (Å²) in [4.78, 5) is 52.6. The lowest BCUT2D eigenvalue weighted by Gasteiger charge is -2.40. The van der Waals surface area contributed by atoms with Gasteiger partial charge in [0.05, 0.1) is 23.7 Å². The standard InChI is InChI=1S/C23H23Cl2N7O5/c1-37-23(36)32-7-6-30(19-10-18(25)28-22(29-19)31-5-4-26-13-31)12-15(32)9-20(33)27-11-14-2-3-16(21(34)35)17(24)8-14/h2-5,8,10,13,15H,6-7,9,11-12H2,1H3,(H,27,33)(H,34,35). The maximum Gasteiger partial charge on any atom is 0.409 e. The number of ether oxygens (including phenoxy) is 1. The molecule has 12 nitrogen and oxygen atoms in total. The number of nitrogens with one attached hydrogen (secondary N) is 1. The predicted molar refractivity (Wildman–Crippen MR) is 134 cm³/mol. The lowest BCUT2D eigenvalue weighted by Crippen LogP contribution is -2.56. The SMILES string of the molecule is COC(=O)N1CCN(c2cc(Cl)nc(-n3ccnc3)n2)CC1CC(=O)NCc1ccc(C(=O)O)c(Cl)c1. The Balaban J connectivity index is 1.46. The van der Waals surface area contributed by atoms with E-state index in [4.69, 9.17) is 33.0 Å². The van der Waals surface area contributed by atoms with Crippen molar-refractivity contribution in [2.75, 3.05) is 31.6 Å². The van der Waals surface area contributed by atoms with Gasteiger partial charge in [0.1, 0.15) is 17.3 Å². The fourth-order valence-corrected chi connectivity index (χ4v) is 4.43. The van der Waals surface area contributed by atoms with Crippen LogP contribution in [0.5, 0.6) is 0 Å². The smallest absolute Gasteiger partial charge is 0.409 e. The zero-order valence-corrected chi connectivity index (χ0v) is 21.2. The average Bonchev–Trinajstić information content (AvgIpc) is 3.42. The fraction of sp³-hybridized carbons (Fsp3) is 0.304. The maximum atomic E-state index is 12.8. The monoisotopic (exact) mass is 547 g/mol. The third kappa shape index (κ3) is 6.27. The molecule has 1 fully saturated rings. The summed E-state index contributed by atoms with van der Waals surface area (Å²) in [6, 6.07) is 5.57. The number of carbonyl (C=O) groups excluding carboxylic acids is 2. The van der Waals surface area contributed by atoms with Crippen molar-refractivity contribution in [1.82, 2.24) is 29.7 Å². The molecule has 0 bridgehead atoms. The van der Waals surface area contributed by atoms with Crippen molar-refractivity contribution in [2.45, 2.75) is 19.0 Å². The van der Waals surface area contributed by atoms with Crippen molar-refractivity contribution in [2.24, 2.45) is 0 Å². The minimum absolute atomic E-state index is 0.000263. The Labute approximate surface area is 221 Å². The molecule has 3 aromatic rings. The number of anilines is 1. The maximum absolute atomic E-state index is 12.8. The van der Waals surface area contributed by atoms with Crippen molar-refractivity contribution in [3.63, 3.8) is 0 Å². The molecular weight excluding hydrogens is 525 g/mol. The number of carboxylic acid groups (broad SMARTS) is 1. The lowest BCUT2D eigenvalue weighted by molar-refractivity contribution is -0.122. The van der Waals surface area contributed by atoms with Crippen LogP contribution in [0.1, 0.15) is 22.3 Å². The number of halogens is 2. The fourth-order valence-electron chi connectivity index (χ4n) is 3.97. The highest BCUT2D eigenvalue weighted by Gasteiger charge is 2.33. The van der Waals surface area contributed by atoms with Crippen LogP contribution in [0.2, 0.25) is 10.2 Å². The first-order chi connectivity index (χ1) is 17.7. The highest BCUT2D eigenvalue weighted by molar-refractivity contribution is 6.33. The van der Waals surface area contributed by atoms with Crippen LogP contribution >= 0.6 is 23.2 Å². The lowest BCUT2D eigenvalue weighted by atomic mass is 10.1. The molecule has 2 N–H and O–H groups in total. The van der Waals surface area contributed by atoms with Crippen LogP contribution in [0, 0.1) is 0 Å². The molecule has 0 radical (unpaired) electrons. The number of methoxy groups -OCH3 is 1. The first-order valence-corrected chi connectivity index (χ1v) is 11.9. The van der Waals surface area contributed by atoms with E-state index in [0.29, 0.717) is 37.0 Å². The average molecular weight is 548 g/mol. The Morgan fingerprint density at radius 2 is 2.00 bits per heavy atom. The molecule has 1 unspecified atom stereocenters. The number of benzene rings is 1. The van der Waals surface area contributed by atoms with E-state index < -0.39 is 18.1 Å². The van der Waals surface area contributed by atoms with E-state index in [1.54, 1.807) is 35.4 Å². The summed E-state index contributed by atoms with van der Waals surface area (Å²) in [6.07, 6.45) is 4.32.